The lowest BCUT2D eigenvalue weighted by atomic mass is 10.2. The van der Waals surface area contributed by atoms with E-state index in [0.717, 1.165) is 6.07 Å². The van der Waals surface area contributed by atoms with E-state index in [9.17, 15) is 13.6 Å². The van der Waals surface area contributed by atoms with Crippen molar-refractivity contribution in [1.29, 1.82) is 0 Å². The van der Waals surface area contributed by atoms with E-state index < -0.39 is 12.1 Å². The molecule has 1 aromatic rings. The Bertz CT molecular complexity index is 373. The number of nitrogens with zero attached hydrogens (tertiary/aromatic N) is 1. The van der Waals surface area contributed by atoms with E-state index in [1.807, 2.05) is 0 Å². The second-order valence-electron chi connectivity index (χ2n) is 2.88. The van der Waals surface area contributed by atoms with Crippen LogP contribution in [-0.2, 0) is 4.74 Å². The van der Waals surface area contributed by atoms with Gasteiger partial charge in [-0.05, 0) is 6.07 Å². The predicted octanol–water partition coefficient (Wildman–Crippen LogP) is 1.69. The number of methoxy groups -OCH3 is 2. The highest BCUT2D eigenvalue weighted by atomic mass is 19.3. The molecule has 0 unspecified atom stereocenters. The number of carbonyl (C=O) groups is 1. The number of hydrogen-bond acceptors (Lipinski definition) is 5. The normalized spacial score (nSPS) is 9.53. The van der Waals surface area contributed by atoms with Gasteiger partial charge in [-0.25, -0.2) is 13.8 Å². The summed E-state index contributed by atoms with van der Waals surface area (Å²) in [5.74, 6) is 0.0180. The number of alkyl halides is 2. The monoisotopic (exact) mass is 248 g/mol. The standard InChI is InChI=1S/C8H8F2N2O2.C2H6O/c1-14-7-4(11)2-5(8(9)10)12-6(7)3-13;1-3-2/h2-3,8H,1H3,(H2,11,12);1-2H3. The van der Waals surface area contributed by atoms with Crippen LogP contribution in [0.3, 0.4) is 0 Å². The van der Waals surface area contributed by atoms with Crippen molar-refractivity contribution in [3.63, 3.8) is 0 Å². The van der Waals surface area contributed by atoms with Gasteiger partial charge in [-0.15, -0.1) is 0 Å². The van der Waals surface area contributed by atoms with E-state index in [2.05, 4.69) is 9.72 Å². The summed E-state index contributed by atoms with van der Waals surface area (Å²) in [6, 6.07) is 0.983. The van der Waals surface area contributed by atoms with E-state index >= 15 is 0 Å². The zero-order valence-corrected chi connectivity index (χ0v) is 9.74. The third kappa shape index (κ3) is 4.31. The van der Waals surface area contributed by atoms with E-state index in [1.54, 1.807) is 14.2 Å². The highest BCUT2D eigenvalue weighted by Gasteiger charge is 2.16. The molecule has 0 aliphatic rings. The third-order valence-electron chi connectivity index (χ3n) is 1.59. The minimum atomic E-state index is -2.76. The number of nitrogen functional groups attached to an aromatic ring is 1. The number of pyridine rings is 1. The second-order valence-corrected chi connectivity index (χ2v) is 2.88. The van der Waals surface area contributed by atoms with Crippen LogP contribution in [0.25, 0.3) is 0 Å². The molecule has 0 radical (unpaired) electrons. The van der Waals surface area contributed by atoms with Gasteiger partial charge in [0.05, 0.1) is 12.8 Å². The molecule has 0 saturated heterocycles. The number of carbonyl (C=O) groups excluding carboxylic acids is 1. The summed E-state index contributed by atoms with van der Waals surface area (Å²) in [5.41, 5.74) is 4.60. The van der Waals surface area contributed by atoms with Gasteiger partial charge in [-0.1, -0.05) is 0 Å². The Hall–Kier alpha value is -1.76. The molecule has 0 aliphatic heterocycles. The lowest BCUT2D eigenvalue weighted by Gasteiger charge is -2.08. The van der Waals surface area contributed by atoms with Gasteiger partial charge in [0.1, 0.15) is 11.4 Å². The summed E-state index contributed by atoms with van der Waals surface area (Å²) in [5, 5.41) is 0. The molecule has 0 bridgehead atoms. The Kier molecular flexibility index (Phi) is 6.73. The van der Waals surface area contributed by atoms with Crippen LogP contribution in [0.4, 0.5) is 14.5 Å². The molecule has 2 N–H and O–H groups in total. The van der Waals surface area contributed by atoms with Gasteiger partial charge in [-0.2, -0.15) is 0 Å². The third-order valence-corrected chi connectivity index (χ3v) is 1.59. The maximum atomic E-state index is 12.2. The molecule has 0 aliphatic carbocycles. The number of nitrogens with two attached hydrogens (primary N) is 1. The highest BCUT2D eigenvalue weighted by Crippen LogP contribution is 2.28. The van der Waals surface area contributed by atoms with Crippen LogP contribution in [-0.4, -0.2) is 32.6 Å². The van der Waals surface area contributed by atoms with Crippen molar-refractivity contribution in [1.82, 2.24) is 4.98 Å². The number of ether oxygens (including phenoxy) is 2. The van der Waals surface area contributed by atoms with Crippen molar-refractivity contribution in [3.05, 3.63) is 17.5 Å². The van der Waals surface area contributed by atoms with Crippen molar-refractivity contribution in [2.24, 2.45) is 0 Å². The molecule has 0 spiro atoms. The molecule has 17 heavy (non-hydrogen) atoms. The number of anilines is 1. The lowest BCUT2D eigenvalue weighted by Crippen LogP contribution is -2.03. The quantitative estimate of drug-likeness (QED) is 0.824. The minimum absolute atomic E-state index is 0.0180. The second kappa shape index (κ2) is 7.50. The van der Waals surface area contributed by atoms with Gasteiger partial charge in [0.2, 0.25) is 0 Å². The molecule has 0 saturated carbocycles. The molecule has 1 aromatic heterocycles. The first-order valence-corrected chi connectivity index (χ1v) is 4.49. The zero-order chi connectivity index (χ0) is 13.4. The first kappa shape index (κ1) is 15.2. The molecular weight excluding hydrogens is 234 g/mol. The molecule has 1 rings (SSSR count). The maximum absolute atomic E-state index is 12.2. The first-order chi connectivity index (χ1) is 8.01. The summed E-state index contributed by atoms with van der Waals surface area (Å²) in [6.45, 7) is 0. The molecule has 1 heterocycles. The summed E-state index contributed by atoms with van der Waals surface area (Å²) in [4.78, 5) is 13.9. The molecule has 96 valence electrons. The number of aldehydes is 1. The smallest absolute Gasteiger partial charge is 0.280 e. The van der Waals surface area contributed by atoms with Crippen molar-refractivity contribution >= 4 is 12.0 Å². The van der Waals surface area contributed by atoms with Crippen LogP contribution in [0.15, 0.2) is 6.07 Å². The number of hydrogen-bond donors (Lipinski definition) is 1. The zero-order valence-electron chi connectivity index (χ0n) is 9.74. The Morgan fingerprint density at radius 1 is 1.41 bits per heavy atom. The molecule has 0 amide bonds. The van der Waals surface area contributed by atoms with Crippen molar-refractivity contribution in [2.45, 2.75) is 6.43 Å². The average molecular weight is 248 g/mol. The summed E-state index contributed by atoms with van der Waals surface area (Å²) < 4.78 is 33.4. The highest BCUT2D eigenvalue weighted by molar-refractivity contribution is 5.80. The molecule has 0 atom stereocenters. The molecule has 5 nitrogen and oxygen atoms in total. The van der Waals surface area contributed by atoms with Crippen molar-refractivity contribution in [3.8, 4) is 5.75 Å². The van der Waals surface area contributed by atoms with Crippen LogP contribution in [0.5, 0.6) is 5.75 Å². The Balaban J connectivity index is 0.000000770. The topological polar surface area (TPSA) is 74.4 Å². The molecule has 7 heteroatoms. The van der Waals surface area contributed by atoms with Crippen LogP contribution < -0.4 is 10.5 Å². The Morgan fingerprint density at radius 2 is 1.94 bits per heavy atom. The van der Waals surface area contributed by atoms with E-state index in [-0.39, 0.29) is 17.1 Å². The number of halogens is 2. The van der Waals surface area contributed by atoms with Gasteiger partial charge in [-0.3, -0.25) is 4.79 Å². The largest absolute Gasteiger partial charge is 0.492 e. The van der Waals surface area contributed by atoms with E-state index in [1.165, 1.54) is 7.11 Å². The van der Waals surface area contributed by atoms with Crippen LogP contribution in [0.2, 0.25) is 0 Å². The van der Waals surface area contributed by atoms with Gasteiger partial charge >= 0.3 is 0 Å². The first-order valence-electron chi connectivity index (χ1n) is 4.49. The van der Waals surface area contributed by atoms with Crippen LogP contribution in [0, 0.1) is 0 Å². The fourth-order valence-electron chi connectivity index (χ4n) is 1.01. The van der Waals surface area contributed by atoms with Crippen LogP contribution >= 0.6 is 0 Å². The molecular formula is C10H14F2N2O3. The summed E-state index contributed by atoms with van der Waals surface area (Å²) in [7, 11) is 4.53. The van der Waals surface area contributed by atoms with Gasteiger partial charge in [0.15, 0.2) is 12.0 Å². The Labute approximate surface area is 97.5 Å². The van der Waals surface area contributed by atoms with E-state index in [4.69, 9.17) is 10.5 Å². The lowest BCUT2D eigenvalue weighted by molar-refractivity contribution is 0.111. The van der Waals surface area contributed by atoms with Crippen LogP contribution in [0.1, 0.15) is 22.6 Å². The predicted molar refractivity (Wildman–Crippen MR) is 58.5 cm³/mol. The van der Waals surface area contributed by atoms with Gasteiger partial charge < -0.3 is 15.2 Å². The number of rotatable bonds is 3. The van der Waals surface area contributed by atoms with Crippen molar-refractivity contribution in [2.75, 3.05) is 27.1 Å². The van der Waals surface area contributed by atoms with E-state index in [0.29, 0.717) is 6.29 Å². The average Bonchev–Trinajstić information content (AvgIpc) is 2.28. The number of aromatic nitrogens is 1. The fraction of sp³-hybridized carbons (Fsp3) is 0.400. The maximum Gasteiger partial charge on any atom is 0.280 e. The molecule has 0 aromatic carbocycles. The molecule has 0 fully saturated rings. The SMILES string of the molecule is COC.COc1c(N)cc(C(F)F)nc1C=O. The summed E-state index contributed by atoms with van der Waals surface area (Å²) in [6.07, 6.45) is -2.44. The van der Waals surface area contributed by atoms with Gasteiger partial charge in [0, 0.05) is 14.2 Å². The minimum Gasteiger partial charge on any atom is -0.492 e. The van der Waals surface area contributed by atoms with Gasteiger partial charge in [0.25, 0.3) is 6.43 Å². The Morgan fingerprint density at radius 3 is 2.29 bits per heavy atom. The van der Waals surface area contributed by atoms with Crippen molar-refractivity contribution < 1.29 is 23.0 Å². The summed E-state index contributed by atoms with van der Waals surface area (Å²) >= 11 is 0. The fourth-order valence-corrected chi connectivity index (χ4v) is 1.01.